The highest BCUT2D eigenvalue weighted by atomic mass is 16.5. The lowest BCUT2D eigenvalue weighted by molar-refractivity contribution is -0.111. The first kappa shape index (κ1) is 24.8. The van der Waals surface area contributed by atoms with Gasteiger partial charge in [0.05, 0.1) is 36.1 Å². The number of aryl methyl sites for hydroxylation is 1. The Kier molecular flexibility index (Phi) is 7.09. The van der Waals surface area contributed by atoms with Crippen molar-refractivity contribution in [1.82, 2.24) is 24.6 Å². The van der Waals surface area contributed by atoms with E-state index in [0.717, 1.165) is 62.3 Å². The third-order valence-electron chi connectivity index (χ3n) is 7.16. The van der Waals surface area contributed by atoms with Crippen LogP contribution in [0.1, 0.15) is 25.0 Å². The number of methoxy groups -OCH3 is 1. The van der Waals surface area contributed by atoms with Crippen molar-refractivity contribution in [3.8, 4) is 17.0 Å². The van der Waals surface area contributed by atoms with Crippen LogP contribution in [0.3, 0.4) is 0 Å². The van der Waals surface area contributed by atoms with Crippen molar-refractivity contribution in [3.05, 3.63) is 48.9 Å². The van der Waals surface area contributed by atoms with Gasteiger partial charge in [0.1, 0.15) is 5.75 Å². The number of hydrogen-bond acceptors (Lipinski definition) is 8. The van der Waals surface area contributed by atoms with Crippen LogP contribution in [0.5, 0.6) is 5.75 Å². The number of likely N-dealkylation sites (N-methyl/N-ethyl adjacent to an activating group) is 1. The Hall–Kier alpha value is -3.92. The first-order valence-corrected chi connectivity index (χ1v) is 12.7. The summed E-state index contributed by atoms with van der Waals surface area (Å²) in [6.45, 7) is 6.30. The molecule has 10 heteroatoms. The number of hydrogen-bond donors (Lipinski definition) is 2. The van der Waals surface area contributed by atoms with Gasteiger partial charge in [-0.2, -0.15) is 5.10 Å². The number of nitrogens with zero attached hydrogens (tertiary/aromatic N) is 6. The lowest BCUT2D eigenvalue weighted by Gasteiger charge is -2.25. The third kappa shape index (κ3) is 5.15. The molecule has 10 nitrogen and oxygen atoms in total. The molecule has 3 aromatic rings. The number of amides is 1. The summed E-state index contributed by atoms with van der Waals surface area (Å²) in [7, 11) is 5.82. The van der Waals surface area contributed by atoms with Gasteiger partial charge in [0.15, 0.2) is 0 Å². The van der Waals surface area contributed by atoms with Gasteiger partial charge in [0.2, 0.25) is 11.9 Å². The number of carbonyl (C=O) groups is 1. The Morgan fingerprint density at radius 1 is 1.24 bits per heavy atom. The average molecular weight is 503 g/mol. The highest BCUT2D eigenvalue weighted by molar-refractivity contribution is 6.02. The van der Waals surface area contributed by atoms with Gasteiger partial charge in [-0.25, -0.2) is 9.97 Å². The van der Waals surface area contributed by atoms with Crippen LogP contribution in [-0.2, 0) is 17.8 Å². The molecular weight excluding hydrogens is 468 g/mol. The van der Waals surface area contributed by atoms with E-state index in [2.05, 4.69) is 55.9 Å². The highest BCUT2D eigenvalue weighted by Crippen LogP contribution is 2.40. The average Bonchev–Trinajstić information content (AvgIpc) is 3.57. The summed E-state index contributed by atoms with van der Waals surface area (Å²) in [4.78, 5) is 26.0. The van der Waals surface area contributed by atoms with E-state index < -0.39 is 0 Å². The van der Waals surface area contributed by atoms with E-state index in [1.807, 2.05) is 24.4 Å². The molecule has 37 heavy (non-hydrogen) atoms. The van der Waals surface area contributed by atoms with E-state index in [0.29, 0.717) is 29.1 Å². The van der Waals surface area contributed by atoms with Gasteiger partial charge in [-0.1, -0.05) is 6.58 Å². The SMILES string of the molecule is C=CC(=O)Nc1cc(Nc2nccc(-c3cnn4c3CCCC4)n2)c(OC)cc1N1CC[C@@H](N(C)C)C1. The molecule has 1 fully saturated rings. The van der Waals surface area contributed by atoms with Gasteiger partial charge in [-0.05, 0) is 58.0 Å². The molecule has 0 unspecified atom stereocenters. The topological polar surface area (TPSA) is 100 Å². The Morgan fingerprint density at radius 2 is 2.11 bits per heavy atom. The Bertz CT molecular complexity index is 1300. The molecule has 2 aliphatic rings. The summed E-state index contributed by atoms with van der Waals surface area (Å²) in [5.41, 5.74) is 5.31. The predicted octanol–water partition coefficient (Wildman–Crippen LogP) is 3.69. The van der Waals surface area contributed by atoms with Crippen molar-refractivity contribution in [1.29, 1.82) is 0 Å². The molecule has 0 aliphatic carbocycles. The number of rotatable bonds is 8. The molecule has 2 aromatic heterocycles. The summed E-state index contributed by atoms with van der Waals surface area (Å²) in [5.74, 6) is 0.802. The first-order valence-electron chi connectivity index (χ1n) is 12.7. The number of fused-ring (bicyclic) bond motifs is 1. The predicted molar refractivity (Wildman–Crippen MR) is 146 cm³/mol. The molecule has 2 N–H and O–H groups in total. The zero-order valence-corrected chi connectivity index (χ0v) is 21.7. The van der Waals surface area contributed by atoms with Crippen LogP contribution in [-0.4, -0.2) is 70.9 Å². The second kappa shape index (κ2) is 10.6. The van der Waals surface area contributed by atoms with Crippen LogP contribution in [0.4, 0.5) is 23.0 Å². The maximum atomic E-state index is 12.3. The Labute approximate surface area is 217 Å². The number of carbonyl (C=O) groups excluding carboxylic acids is 1. The standard InChI is InChI=1S/C27H34N8O2/c1-5-26(36)30-21-14-22(25(37-4)15-24(21)34-13-10-18(17-34)33(2)3)32-27-28-11-9-20(31-27)19-16-29-35-12-7-6-8-23(19)35/h5,9,11,14-16,18H,1,6-8,10,12-13,17H2,2-4H3,(H,30,36)(H,28,31,32)/t18-/m1/s1. The molecule has 0 radical (unpaired) electrons. The number of aromatic nitrogens is 4. The van der Waals surface area contributed by atoms with Crippen LogP contribution in [0, 0.1) is 0 Å². The second-order valence-electron chi connectivity index (χ2n) is 9.69. The van der Waals surface area contributed by atoms with Gasteiger partial charge in [-0.15, -0.1) is 0 Å². The number of ether oxygens (including phenoxy) is 1. The van der Waals surface area contributed by atoms with Gasteiger partial charge in [-0.3, -0.25) is 9.48 Å². The zero-order chi connectivity index (χ0) is 25.9. The van der Waals surface area contributed by atoms with E-state index in [1.165, 1.54) is 11.8 Å². The largest absolute Gasteiger partial charge is 0.494 e. The van der Waals surface area contributed by atoms with E-state index in [1.54, 1.807) is 13.3 Å². The summed E-state index contributed by atoms with van der Waals surface area (Å²) < 4.78 is 7.83. The molecule has 1 amide bonds. The van der Waals surface area contributed by atoms with E-state index >= 15 is 0 Å². The van der Waals surface area contributed by atoms with Gasteiger partial charge >= 0.3 is 0 Å². The molecule has 5 rings (SSSR count). The lowest BCUT2D eigenvalue weighted by Crippen LogP contribution is -2.31. The minimum atomic E-state index is -0.273. The normalized spacial score (nSPS) is 17.0. The second-order valence-corrected chi connectivity index (χ2v) is 9.69. The minimum absolute atomic E-state index is 0.273. The third-order valence-corrected chi connectivity index (χ3v) is 7.16. The fourth-order valence-corrected chi connectivity index (χ4v) is 5.09. The Balaban J connectivity index is 1.47. The molecule has 194 valence electrons. The molecular formula is C27H34N8O2. The van der Waals surface area contributed by atoms with Crippen molar-refractivity contribution in [2.75, 3.05) is 49.8 Å². The molecule has 0 saturated carbocycles. The van der Waals surface area contributed by atoms with Crippen LogP contribution >= 0.6 is 0 Å². The maximum absolute atomic E-state index is 12.3. The molecule has 1 aromatic carbocycles. The van der Waals surface area contributed by atoms with Crippen molar-refractivity contribution < 1.29 is 9.53 Å². The van der Waals surface area contributed by atoms with E-state index in [4.69, 9.17) is 9.72 Å². The van der Waals surface area contributed by atoms with Crippen LogP contribution < -0.4 is 20.3 Å². The summed E-state index contributed by atoms with van der Waals surface area (Å²) in [6, 6.07) is 6.17. The fraction of sp³-hybridized carbons (Fsp3) is 0.407. The summed E-state index contributed by atoms with van der Waals surface area (Å²) in [6.07, 6.45) is 9.25. The zero-order valence-electron chi connectivity index (χ0n) is 21.7. The smallest absolute Gasteiger partial charge is 0.247 e. The molecule has 2 aliphatic heterocycles. The fourth-order valence-electron chi connectivity index (χ4n) is 5.09. The maximum Gasteiger partial charge on any atom is 0.247 e. The van der Waals surface area contributed by atoms with Crippen molar-refractivity contribution in [2.24, 2.45) is 0 Å². The summed E-state index contributed by atoms with van der Waals surface area (Å²) in [5, 5.41) is 10.8. The van der Waals surface area contributed by atoms with Gasteiger partial charge in [0, 0.05) is 49.2 Å². The van der Waals surface area contributed by atoms with Crippen LogP contribution in [0.2, 0.25) is 0 Å². The van der Waals surface area contributed by atoms with Crippen molar-refractivity contribution in [3.63, 3.8) is 0 Å². The van der Waals surface area contributed by atoms with E-state index in [9.17, 15) is 4.79 Å². The van der Waals surface area contributed by atoms with Gasteiger partial charge < -0.3 is 25.2 Å². The van der Waals surface area contributed by atoms with Crippen LogP contribution in [0.25, 0.3) is 11.3 Å². The monoisotopic (exact) mass is 502 g/mol. The number of nitrogens with one attached hydrogen (secondary N) is 2. The lowest BCUT2D eigenvalue weighted by atomic mass is 10.0. The Morgan fingerprint density at radius 3 is 2.86 bits per heavy atom. The molecule has 0 bridgehead atoms. The molecule has 1 atom stereocenters. The quantitative estimate of drug-likeness (QED) is 0.450. The molecule has 4 heterocycles. The molecule has 0 spiro atoms. The summed E-state index contributed by atoms with van der Waals surface area (Å²) >= 11 is 0. The van der Waals surface area contributed by atoms with Crippen molar-refractivity contribution in [2.45, 2.75) is 38.3 Å². The number of benzene rings is 1. The first-order chi connectivity index (χ1) is 18.0. The van der Waals surface area contributed by atoms with Crippen LogP contribution in [0.15, 0.2) is 43.2 Å². The highest BCUT2D eigenvalue weighted by Gasteiger charge is 2.27. The van der Waals surface area contributed by atoms with Gasteiger partial charge in [0.25, 0.3) is 0 Å². The number of anilines is 4. The molecule has 1 saturated heterocycles. The van der Waals surface area contributed by atoms with E-state index in [-0.39, 0.29) is 5.91 Å². The van der Waals surface area contributed by atoms with Crippen molar-refractivity contribution >= 4 is 28.9 Å². The minimum Gasteiger partial charge on any atom is -0.494 e.